The zero-order valence-corrected chi connectivity index (χ0v) is 16.9. The largest absolute Gasteiger partial charge is 0.384 e. The molecule has 2 aromatic rings. The number of rotatable bonds is 7. The summed E-state index contributed by atoms with van der Waals surface area (Å²) in [7, 11) is 2.74. The number of nitrogens with zero attached hydrogens (tertiary/aromatic N) is 4. The molecule has 0 aliphatic heterocycles. The van der Waals surface area contributed by atoms with Gasteiger partial charge in [0.05, 0.1) is 5.25 Å². The normalized spacial score (nSPS) is 12.4. The third-order valence-corrected chi connectivity index (χ3v) is 5.74. The lowest BCUT2D eigenvalue weighted by molar-refractivity contribution is 0.0992. The summed E-state index contributed by atoms with van der Waals surface area (Å²) in [5.74, 6) is -0.109. The maximum atomic E-state index is 12.7. The number of hydrogen-bond acceptors (Lipinski definition) is 9. The highest BCUT2D eigenvalue weighted by atomic mass is 32.2. The van der Waals surface area contributed by atoms with Gasteiger partial charge in [0.1, 0.15) is 11.4 Å². The van der Waals surface area contributed by atoms with Crippen molar-refractivity contribution in [3.63, 3.8) is 0 Å². The zero-order chi connectivity index (χ0) is 19.6. The first-order chi connectivity index (χ1) is 12.1. The van der Waals surface area contributed by atoms with Gasteiger partial charge in [-0.05, 0) is 12.8 Å². The van der Waals surface area contributed by atoms with Crippen molar-refractivity contribution in [3.05, 3.63) is 26.4 Å². The van der Waals surface area contributed by atoms with Gasteiger partial charge in [-0.3, -0.25) is 18.7 Å². The molecule has 0 amide bonds. The lowest BCUT2D eigenvalue weighted by Crippen LogP contribution is -2.42. The van der Waals surface area contributed by atoms with Crippen LogP contribution in [0.1, 0.15) is 31.1 Å². The first-order valence-corrected chi connectivity index (χ1v) is 9.66. The minimum Gasteiger partial charge on any atom is -0.384 e. The second kappa shape index (κ2) is 8.04. The van der Waals surface area contributed by atoms with E-state index >= 15 is 0 Å². The Kier molecular flexibility index (Phi) is 6.24. The summed E-state index contributed by atoms with van der Waals surface area (Å²) < 4.78 is 2.57. The quantitative estimate of drug-likeness (QED) is 0.522. The molecule has 9 nitrogen and oxygen atoms in total. The predicted molar refractivity (Wildman–Crippen MR) is 104 cm³/mol. The molecule has 2 rings (SSSR count). The minimum absolute atomic E-state index is 0.132. The van der Waals surface area contributed by atoms with Gasteiger partial charge in [-0.2, -0.15) is 0 Å². The van der Waals surface area contributed by atoms with Gasteiger partial charge < -0.3 is 11.1 Å². The summed E-state index contributed by atoms with van der Waals surface area (Å²) in [5, 5.41) is 11.3. The van der Waals surface area contributed by atoms with Gasteiger partial charge >= 0.3 is 5.69 Å². The monoisotopic (exact) mass is 398 g/mol. The molecule has 1 unspecified atom stereocenters. The van der Waals surface area contributed by atoms with Crippen molar-refractivity contribution >= 4 is 39.8 Å². The summed E-state index contributed by atoms with van der Waals surface area (Å²) in [5.41, 5.74) is 4.39. The van der Waals surface area contributed by atoms with Crippen LogP contribution in [0.3, 0.4) is 0 Å². The number of nitrogens with two attached hydrogens (primary N) is 1. The Balaban J connectivity index is 2.21. The van der Waals surface area contributed by atoms with Crippen LogP contribution in [0.4, 0.5) is 10.9 Å². The number of Topliss-reactive ketones (excluding diaryl/α,β-unsaturated/α-hetero) is 1. The van der Waals surface area contributed by atoms with Gasteiger partial charge in [0.25, 0.3) is 5.56 Å². The maximum Gasteiger partial charge on any atom is 0.332 e. The highest BCUT2D eigenvalue weighted by molar-refractivity contribution is 8.02. The van der Waals surface area contributed by atoms with Gasteiger partial charge in [-0.25, -0.2) is 4.79 Å². The topological polar surface area (TPSA) is 125 Å². The highest BCUT2D eigenvalue weighted by Crippen LogP contribution is 2.30. The Labute approximate surface area is 158 Å². The molecule has 0 saturated carbocycles. The van der Waals surface area contributed by atoms with Crippen LogP contribution in [-0.4, -0.2) is 36.9 Å². The van der Waals surface area contributed by atoms with Crippen LogP contribution in [0.5, 0.6) is 0 Å². The standard InChI is InChI=1S/C15H22N6O3S2/c1-7(2)6-17-13-18-19-14(26-13)25-8(3)10(22)9-11(16)20(4)15(24)21(5)12(9)23/h7-8H,6,16H2,1-5H3,(H,17,18). The van der Waals surface area contributed by atoms with E-state index in [4.69, 9.17) is 5.73 Å². The Morgan fingerprint density at radius 2 is 1.88 bits per heavy atom. The van der Waals surface area contributed by atoms with Crippen LogP contribution in [0.25, 0.3) is 0 Å². The summed E-state index contributed by atoms with van der Waals surface area (Å²) in [4.78, 5) is 36.9. The lowest BCUT2D eigenvalue weighted by Gasteiger charge is -2.13. The predicted octanol–water partition coefficient (Wildman–Crippen LogP) is 0.949. The Bertz CT molecular complexity index is 930. The van der Waals surface area contributed by atoms with Gasteiger partial charge in [-0.15, -0.1) is 10.2 Å². The number of anilines is 2. The number of carbonyl (C=O) groups excluding carboxylic acids is 1. The van der Waals surface area contributed by atoms with E-state index < -0.39 is 22.3 Å². The molecule has 0 fully saturated rings. The Morgan fingerprint density at radius 1 is 1.23 bits per heavy atom. The second-order valence-corrected chi connectivity index (χ2v) is 8.80. The van der Waals surface area contributed by atoms with Gasteiger partial charge in [-0.1, -0.05) is 36.9 Å². The fourth-order valence-corrected chi connectivity index (χ4v) is 4.08. The number of thioether (sulfide) groups is 1. The molecule has 1 atom stereocenters. The van der Waals surface area contributed by atoms with E-state index in [2.05, 4.69) is 29.4 Å². The van der Waals surface area contributed by atoms with Crippen LogP contribution in [0.2, 0.25) is 0 Å². The number of ketones is 1. The first kappa shape index (κ1) is 20.2. The maximum absolute atomic E-state index is 12.7. The second-order valence-electron chi connectivity index (χ2n) is 6.24. The number of hydrogen-bond donors (Lipinski definition) is 2. The fourth-order valence-electron chi connectivity index (χ4n) is 2.12. The summed E-state index contributed by atoms with van der Waals surface area (Å²) in [6, 6.07) is 0. The summed E-state index contributed by atoms with van der Waals surface area (Å²) in [6.07, 6.45) is 0. The number of carbonyl (C=O) groups is 1. The molecule has 3 N–H and O–H groups in total. The number of aromatic nitrogens is 4. The molecule has 0 spiro atoms. The fraction of sp³-hybridized carbons (Fsp3) is 0.533. The van der Waals surface area contributed by atoms with Crippen LogP contribution >= 0.6 is 23.1 Å². The van der Waals surface area contributed by atoms with E-state index in [0.717, 1.165) is 15.7 Å². The number of nitrogens with one attached hydrogen (secondary N) is 1. The molecule has 0 aliphatic rings. The average Bonchev–Trinajstić information content (AvgIpc) is 3.03. The Hall–Kier alpha value is -2.14. The van der Waals surface area contributed by atoms with E-state index in [0.29, 0.717) is 15.4 Å². The smallest absolute Gasteiger partial charge is 0.332 e. The van der Waals surface area contributed by atoms with Crippen molar-refractivity contribution in [2.75, 3.05) is 17.6 Å². The van der Waals surface area contributed by atoms with Crippen molar-refractivity contribution < 1.29 is 4.79 Å². The van der Waals surface area contributed by atoms with Gasteiger partial charge in [0.2, 0.25) is 5.13 Å². The molecule has 11 heteroatoms. The molecule has 0 aliphatic carbocycles. The highest BCUT2D eigenvalue weighted by Gasteiger charge is 2.26. The molecule has 0 saturated heterocycles. The minimum atomic E-state index is -0.695. The van der Waals surface area contributed by atoms with Crippen LogP contribution in [0, 0.1) is 5.92 Å². The third-order valence-electron chi connectivity index (χ3n) is 3.67. The van der Waals surface area contributed by atoms with E-state index in [1.165, 1.54) is 37.2 Å². The summed E-state index contributed by atoms with van der Waals surface area (Å²) in [6.45, 7) is 6.61. The number of nitrogen functional groups attached to an aromatic ring is 1. The van der Waals surface area contributed by atoms with Crippen LogP contribution < -0.4 is 22.3 Å². The van der Waals surface area contributed by atoms with Gasteiger partial charge in [0, 0.05) is 20.6 Å². The molecule has 0 radical (unpaired) electrons. The van der Waals surface area contributed by atoms with Crippen LogP contribution in [0.15, 0.2) is 13.9 Å². The van der Waals surface area contributed by atoms with E-state index in [9.17, 15) is 14.4 Å². The third kappa shape index (κ3) is 4.15. The van der Waals surface area contributed by atoms with Crippen LogP contribution in [-0.2, 0) is 14.1 Å². The van der Waals surface area contributed by atoms with Crippen molar-refractivity contribution in [1.82, 2.24) is 19.3 Å². The molecule has 2 heterocycles. The molecule has 26 heavy (non-hydrogen) atoms. The summed E-state index contributed by atoms with van der Waals surface area (Å²) >= 11 is 2.54. The molecular weight excluding hydrogens is 376 g/mol. The molecule has 0 aromatic carbocycles. The average molecular weight is 399 g/mol. The molecule has 2 aromatic heterocycles. The Morgan fingerprint density at radius 3 is 2.50 bits per heavy atom. The van der Waals surface area contributed by atoms with E-state index in [-0.39, 0.29) is 11.4 Å². The SMILES string of the molecule is CC(C)CNc1nnc(SC(C)C(=O)c2c(N)n(C)c(=O)n(C)c2=O)s1. The zero-order valence-electron chi connectivity index (χ0n) is 15.3. The molecule has 142 valence electrons. The van der Waals surface area contributed by atoms with Crippen molar-refractivity contribution in [1.29, 1.82) is 0 Å². The van der Waals surface area contributed by atoms with Crippen molar-refractivity contribution in [2.24, 2.45) is 20.0 Å². The lowest BCUT2D eigenvalue weighted by atomic mass is 10.1. The first-order valence-electron chi connectivity index (χ1n) is 7.97. The van der Waals surface area contributed by atoms with E-state index in [1.54, 1.807) is 6.92 Å². The van der Waals surface area contributed by atoms with Gasteiger partial charge in [0.15, 0.2) is 10.1 Å². The van der Waals surface area contributed by atoms with E-state index in [1.807, 2.05) is 0 Å². The molecular formula is C15H22N6O3S2. The van der Waals surface area contributed by atoms with Crippen molar-refractivity contribution in [2.45, 2.75) is 30.4 Å². The van der Waals surface area contributed by atoms with Crippen molar-refractivity contribution in [3.8, 4) is 0 Å². The molecule has 0 bridgehead atoms.